The number of hydrogen-bond donors (Lipinski definition) is 1. The minimum atomic E-state index is -0.474. The van der Waals surface area contributed by atoms with Crippen molar-refractivity contribution in [3.8, 4) is 5.75 Å². The highest BCUT2D eigenvalue weighted by Crippen LogP contribution is 2.31. The Kier molecular flexibility index (Phi) is 5.02. The molecule has 0 radical (unpaired) electrons. The Morgan fingerprint density at radius 2 is 2.11 bits per heavy atom. The van der Waals surface area contributed by atoms with Crippen LogP contribution in [0.25, 0.3) is 0 Å². The smallest absolute Gasteiger partial charge is 0.122 e. The Bertz CT molecular complexity index is 551. The van der Waals surface area contributed by atoms with Gasteiger partial charge in [-0.25, -0.2) is 0 Å². The van der Waals surface area contributed by atoms with Crippen molar-refractivity contribution in [2.24, 2.45) is 0 Å². The molecule has 2 rings (SSSR count). The first-order chi connectivity index (χ1) is 9.15. The molecule has 1 atom stereocenters. The van der Waals surface area contributed by atoms with Gasteiger partial charge in [-0.2, -0.15) is 0 Å². The maximum atomic E-state index is 10.4. The summed E-state index contributed by atoms with van der Waals surface area (Å²) < 4.78 is 6.34. The van der Waals surface area contributed by atoms with E-state index in [1.807, 2.05) is 23.6 Å². The van der Waals surface area contributed by atoms with E-state index in [-0.39, 0.29) is 0 Å². The van der Waals surface area contributed by atoms with Gasteiger partial charge in [-0.05, 0) is 47.2 Å². The SMILES string of the molecule is CCc1ccsc1C(O)Cc1cc(Br)ccc1OC. The van der Waals surface area contributed by atoms with Gasteiger partial charge in [-0.15, -0.1) is 11.3 Å². The summed E-state index contributed by atoms with van der Waals surface area (Å²) >= 11 is 5.07. The van der Waals surface area contributed by atoms with Gasteiger partial charge in [0.1, 0.15) is 5.75 Å². The van der Waals surface area contributed by atoms with Gasteiger partial charge in [-0.1, -0.05) is 22.9 Å². The number of rotatable bonds is 5. The fourth-order valence-electron chi connectivity index (χ4n) is 2.14. The summed E-state index contributed by atoms with van der Waals surface area (Å²) in [7, 11) is 1.65. The Morgan fingerprint density at radius 1 is 1.32 bits per heavy atom. The first-order valence-electron chi connectivity index (χ1n) is 6.22. The van der Waals surface area contributed by atoms with Crippen LogP contribution in [0.2, 0.25) is 0 Å². The minimum Gasteiger partial charge on any atom is -0.496 e. The third kappa shape index (κ3) is 3.38. The first kappa shape index (κ1) is 14.6. The summed E-state index contributed by atoms with van der Waals surface area (Å²) in [5.41, 5.74) is 2.24. The highest BCUT2D eigenvalue weighted by molar-refractivity contribution is 9.10. The minimum absolute atomic E-state index is 0.474. The third-order valence-electron chi connectivity index (χ3n) is 3.12. The second-order valence-corrected chi connectivity index (χ2v) is 6.20. The molecule has 0 saturated carbocycles. The molecule has 1 unspecified atom stereocenters. The van der Waals surface area contributed by atoms with Crippen molar-refractivity contribution in [2.75, 3.05) is 7.11 Å². The van der Waals surface area contributed by atoms with Gasteiger partial charge < -0.3 is 9.84 Å². The lowest BCUT2D eigenvalue weighted by Gasteiger charge is -2.14. The Labute approximate surface area is 126 Å². The number of aliphatic hydroxyl groups is 1. The number of thiophene rings is 1. The van der Waals surface area contributed by atoms with E-state index in [1.54, 1.807) is 18.4 Å². The summed E-state index contributed by atoms with van der Waals surface area (Å²) in [5, 5.41) is 12.5. The lowest BCUT2D eigenvalue weighted by molar-refractivity contribution is 0.180. The number of aryl methyl sites for hydroxylation is 1. The lowest BCUT2D eigenvalue weighted by atomic mass is 10.0. The molecule has 0 aliphatic heterocycles. The molecule has 0 fully saturated rings. The molecular formula is C15H17BrO2S. The molecule has 0 bridgehead atoms. The summed E-state index contributed by atoms with van der Waals surface area (Å²) in [4.78, 5) is 1.06. The number of benzene rings is 1. The number of methoxy groups -OCH3 is 1. The topological polar surface area (TPSA) is 29.5 Å². The van der Waals surface area contributed by atoms with Crippen LogP contribution in [0.3, 0.4) is 0 Å². The highest BCUT2D eigenvalue weighted by atomic mass is 79.9. The molecule has 0 aliphatic carbocycles. The fraction of sp³-hybridized carbons (Fsp3) is 0.333. The zero-order valence-corrected chi connectivity index (χ0v) is 13.4. The molecule has 1 N–H and O–H groups in total. The van der Waals surface area contributed by atoms with Crippen molar-refractivity contribution in [1.29, 1.82) is 0 Å². The summed E-state index contributed by atoms with van der Waals surface area (Å²) in [6.45, 7) is 2.11. The van der Waals surface area contributed by atoms with Gasteiger partial charge in [0, 0.05) is 15.8 Å². The van der Waals surface area contributed by atoms with Gasteiger partial charge in [0.2, 0.25) is 0 Å². The summed E-state index contributed by atoms with van der Waals surface area (Å²) in [5.74, 6) is 0.817. The van der Waals surface area contributed by atoms with Crippen molar-refractivity contribution < 1.29 is 9.84 Å². The molecule has 1 heterocycles. The Hall–Kier alpha value is -0.840. The second kappa shape index (κ2) is 6.55. The van der Waals surface area contributed by atoms with E-state index in [0.717, 1.165) is 27.1 Å². The van der Waals surface area contributed by atoms with E-state index in [1.165, 1.54) is 5.56 Å². The second-order valence-electron chi connectivity index (χ2n) is 4.34. The van der Waals surface area contributed by atoms with E-state index in [9.17, 15) is 5.11 Å². The van der Waals surface area contributed by atoms with Crippen molar-refractivity contribution in [2.45, 2.75) is 25.9 Å². The van der Waals surface area contributed by atoms with Crippen LogP contribution in [0.4, 0.5) is 0 Å². The average molecular weight is 341 g/mol. The van der Waals surface area contributed by atoms with Gasteiger partial charge in [-0.3, -0.25) is 0 Å². The van der Waals surface area contributed by atoms with Crippen LogP contribution < -0.4 is 4.74 Å². The van der Waals surface area contributed by atoms with E-state index < -0.39 is 6.10 Å². The maximum Gasteiger partial charge on any atom is 0.122 e. The van der Waals surface area contributed by atoms with Gasteiger partial charge >= 0.3 is 0 Å². The van der Waals surface area contributed by atoms with Crippen LogP contribution in [-0.4, -0.2) is 12.2 Å². The Morgan fingerprint density at radius 3 is 2.79 bits per heavy atom. The monoisotopic (exact) mass is 340 g/mol. The van der Waals surface area contributed by atoms with Crippen molar-refractivity contribution in [3.05, 3.63) is 50.1 Å². The fourth-order valence-corrected chi connectivity index (χ4v) is 3.53. The van der Waals surface area contributed by atoms with Crippen molar-refractivity contribution in [3.63, 3.8) is 0 Å². The summed E-state index contributed by atoms with van der Waals surface area (Å²) in [6, 6.07) is 7.95. The van der Waals surface area contributed by atoms with Crippen LogP contribution in [-0.2, 0) is 12.8 Å². The standard InChI is InChI=1S/C15H17BrO2S/c1-3-10-6-7-19-15(10)13(17)9-11-8-12(16)4-5-14(11)18-2/h4-8,13,17H,3,9H2,1-2H3. The number of halogens is 1. The number of hydrogen-bond acceptors (Lipinski definition) is 3. The molecule has 0 aliphatic rings. The predicted molar refractivity (Wildman–Crippen MR) is 83.1 cm³/mol. The molecule has 1 aromatic carbocycles. The molecule has 102 valence electrons. The van der Waals surface area contributed by atoms with Crippen LogP contribution in [0.15, 0.2) is 34.1 Å². The molecule has 0 saturated heterocycles. The Balaban J connectivity index is 2.23. The molecule has 19 heavy (non-hydrogen) atoms. The molecule has 1 aromatic heterocycles. The molecule has 2 nitrogen and oxygen atoms in total. The number of ether oxygens (including phenoxy) is 1. The molecule has 0 amide bonds. The van der Waals surface area contributed by atoms with Crippen LogP contribution in [0.5, 0.6) is 5.75 Å². The molecule has 2 aromatic rings. The van der Waals surface area contributed by atoms with E-state index in [0.29, 0.717) is 6.42 Å². The lowest BCUT2D eigenvalue weighted by Crippen LogP contribution is -2.03. The third-order valence-corrected chi connectivity index (χ3v) is 4.67. The molecular weight excluding hydrogens is 324 g/mol. The summed E-state index contributed by atoms with van der Waals surface area (Å²) in [6.07, 6.45) is 1.04. The van der Waals surface area contributed by atoms with Crippen molar-refractivity contribution in [1.82, 2.24) is 0 Å². The molecule has 4 heteroatoms. The molecule has 0 spiro atoms. The van der Waals surface area contributed by atoms with Gasteiger partial charge in [0.25, 0.3) is 0 Å². The van der Waals surface area contributed by atoms with Crippen molar-refractivity contribution >= 4 is 27.3 Å². The number of aliphatic hydroxyl groups excluding tert-OH is 1. The van der Waals surface area contributed by atoms with Gasteiger partial charge in [0.05, 0.1) is 13.2 Å². The van der Waals surface area contributed by atoms with Crippen LogP contribution >= 0.6 is 27.3 Å². The van der Waals surface area contributed by atoms with Crippen LogP contribution in [0, 0.1) is 0 Å². The normalized spacial score (nSPS) is 12.4. The average Bonchev–Trinajstić information content (AvgIpc) is 2.87. The quantitative estimate of drug-likeness (QED) is 0.876. The van der Waals surface area contributed by atoms with E-state index in [4.69, 9.17) is 4.74 Å². The zero-order valence-electron chi connectivity index (χ0n) is 11.0. The zero-order chi connectivity index (χ0) is 13.8. The predicted octanol–water partition coefficient (Wildman–Crippen LogP) is 4.36. The van der Waals surface area contributed by atoms with E-state index >= 15 is 0 Å². The first-order valence-corrected chi connectivity index (χ1v) is 7.89. The largest absolute Gasteiger partial charge is 0.496 e. The van der Waals surface area contributed by atoms with Crippen LogP contribution in [0.1, 0.15) is 29.0 Å². The maximum absolute atomic E-state index is 10.4. The highest BCUT2D eigenvalue weighted by Gasteiger charge is 2.16. The van der Waals surface area contributed by atoms with E-state index in [2.05, 4.69) is 28.9 Å². The van der Waals surface area contributed by atoms with Gasteiger partial charge in [0.15, 0.2) is 0 Å².